The van der Waals surface area contributed by atoms with Gasteiger partial charge in [0.05, 0.1) is 18.3 Å². The van der Waals surface area contributed by atoms with Crippen LogP contribution in [0.25, 0.3) is 0 Å². The zero-order valence-electron chi connectivity index (χ0n) is 22.0. The van der Waals surface area contributed by atoms with Gasteiger partial charge in [-0.25, -0.2) is 9.78 Å². The van der Waals surface area contributed by atoms with Crippen LogP contribution in [0.2, 0.25) is 5.02 Å². The van der Waals surface area contributed by atoms with Crippen LogP contribution in [0.15, 0.2) is 30.5 Å². The molecule has 11 nitrogen and oxygen atoms in total. The third-order valence-electron chi connectivity index (χ3n) is 5.08. The van der Waals surface area contributed by atoms with Gasteiger partial charge in [-0.15, -0.1) is 0 Å². The number of methoxy groups -OCH3 is 1. The number of amides is 1. The molecule has 0 aliphatic rings. The van der Waals surface area contributed by atoms with Gasteiger partial charge in [0, 0.05) is 39.1 Å². The lowest BCUT2D eigenvalue weighted by molar-refractivity contribution is -0.137. The number of benzene rings is 1. The first kappa shape index (κ1) is 33.4. The molecule has 1 heterocycles. The minimum absolute atomic E-state index is 0.0191. The van der Waals surface area contributed by atoms with E-state index in [-0.39, 0.29) is 54.8 Å². The Balaban J connectivity index is 2.25. The molecule has 16 heteroatoms. The monoisotopic (exact) mass is 613 g/mol. The van der Waals surface area contributed by atoms with Crippen molar-refractivity contribution in [1.29, 1.82) is 0 Å². The van der Waals surface area contributed by atoms with Gasteiger partial charge >= 0.3 is 22.5 Å². The van der Waals surface area contributed by atoms with Crippen LogP contribution in [0.1, 0.15) is 31.4 Å². The van der Waals surface area contributed by atoms with E-state index in [1.165, 1.54) is 25.3 Å². The normalized spacial score (nSPS) is 12.0. The van der Waals surface area contributed by atoms with E-state index in [1.54, 1.807) is 0 Å². The molecule has 224 valence electrons. The number of rotatable bonds is 16. The fraction of sp³-hybridized carbons (Fsp3) is 0.500. The number of hydrogen-bond acceptors (Lipinski definition) is 8. The smallest absolute Gasteiger partial charge is 0.422 e. The molecule has 1 aromatic carbocycles. The number of aromatic nitrogens is 1. The van der Waals surface area contributed by atoms with Crippen molar-refractivity contribution in [1.82, 2.24) is 14.0 Å². The average Bonchev–Trinajstić information content (AvgIpc) is 2.85. The molecule has 0 atom stereocenters. The lowest BCUT2D eigenvalue weighted by Crippen LogP contribution is -2.45. The molecule has 0 radical (unpaired) electrons. The molecule has 0 fully saturated rings. The summed E-state index contributed by atoms with van der Waals surface area (Å²) in [5.41, 5.74) is -0.768. The van der Waals surface area contributed by atoms with Gasteiger partial charge in [-0.3, -0.25) is 0 Å². The van der Waals surface area contributed by atoms with Crippen molar-refractivity contribution in [2.24, 2.45) is 0 Å². The summed E-state index contributed by atoms with van der Waals surface area (Å²) in [6.45, 7) is 3.84. The van der Waals surface area contributed by atoms with E-state index in [0.29, 0.717) is 30.0 Å². The zero-order chi connectivity index (χ0) is 29.9. The van der Waals surface area contributed by atoms with Crippen molar-refractivity contribution in [2.75, 3.05) is 40.0 Å². The molecule has 0 spiro atoms. The zero-order valence-corrected chi connectivity index (χ0v) is 23.6. The summed E-state index contributed by atoms with van der Waals surface area (Å²) in [4.78, 5) is 15.4. The topological polar surface area (TPSA) is 137 Å². The fourth-order valence-corrected chi connectivity index (χ4v) is 4.44. The molecular formula is C24H31ClF3N3O8S. The van der Waals surface area contributed by atoms with Crippen molar-refractivity contribution >= 4 is 27.9 Å². The minimum Gasteiger partial charge on any atom is -0.491 e. The van der Waals surface area contributed by atoms with Crippen molar-refractivity contribution < 1.29 is 50.4 Å². The van der Waals surface area contributed by atoms with Crippen LogP contribution >= 0.6 is 11.6 Å². The molecule has 2 aromatic rings. The molecular weight excluding hydrogens is 583 g/mol. The van der Waals surface area contributed by atoms with Gasteiger partial charge in [0.25, 0.3) is 0 Å². The molecule has 0 saturated heterocycles. The quantitative estimate of drug-likeness (QED) is 0.257. The number of carboxylic acid groups (broad SMARTS) is 1. The van der Waals surface area contributed by atoms with Crippen LogP contribution < -0.4 is 14.2 Å². The maximum atomic E-state index is 13.0. The summed E-state index contributed by atoms with van der Waals surface area (Å²) < 4.78 is 88.2. The first-order chi connectivity index (χ1) is 18.7. The highest BCUT2D eigenvalue weighted by Crippen LogP contribution is 2.36. The Morgan fingerprint density at radius 1 is 1.20 bits per heavy atom. The molecule has 40 heavy (non-hydrogen) atoms. The number of hydrogen-bond donors (Lipinski definition) is 2. The lowest BCUT2D eigenvalue weighted by atomic mass is 10.1. The largest absolute Gasteiger partial charge is 0.491 e. The Labute approximate surface area is 235 Å². The number of nitrogens with zero attached hydrogens (tertiary/aromatic N) is 2. The number of nitrogens with one attached hydrogen (secondary N) is 1. The number of ether oxygens (including phenoxy) is 4. The summed E-state index contributed by atoms with van der Waals surface area (Å²) in [6, 6.07) is 5.08. The van der Waals surface area contributed by atoms with E-state index in [9.17, 15) is 31.5 Å². The first-order valence-electron chi connectivity index (χ1n) is 12.0. The molecule has 2 rings (SSSR count). The predicted molar refractivity (Wildman–Crippen MR) is 139 cm³/mol. The van der Waals surface area contributed by atoms with Crippen molar-refractivity contribution in [3.8, 4) is 17.4 Å². The minimum atomic E-state index is -4.67. The lowest BCUT2D eigenvalue weighted by Gasteiger charge is -2.21. The second-order valence-corrected chi connectivity index (χ2v) is 10.6. The maximum Gasteiger partial charge on any atom is 0.422 e. The fourth-order valence-electron chi connectivity index (χ4n) is 3.14. The van der Waals surface area contributed by atoms with E-state index < -0.39 is 39.6 Å². The number of pyridine rings is 1. The van der Waals surface area contributed by atoms with E-state index in [1.807, 2.05) is 13.8 Å². The van der Waals surface area contributed by atoms with Crippen molar-refractivity contribution in [3.63, 3.8) is 0 Å². The molecule has 0 unspecified atom stereocenters. The number of carbonyl (C=O) groups is 1. The molecule has 1 aromatic heterocycles. The van der Waals surface area contributed by atoms with Gasteiger partial charge in [-0.1, -0.05) is 17.7 Å². The van der Waals surface area contributed by atoms with Crippen LogP contribution in [0.5, 0.6) is 17.4 Å². The second kappa shape index (κ2) is 15.2. The van der Waals surface area contributed by atoms with E-state index in [0.717, 1.165) is 0 Å². The van der Waals surface area contributed by atoms with E-state index in [2.05, 4.69) is 9.71 Å². The van der Waals surface area contributed by atoms with Crippen molar-refractivity contribution in [2.45, 2.75) is 39.0 Å². The Bertz CT molecular complexity index is 1230. The van der Waals surface area contributed by atoms with Gasteiger partial charge in [0.1, 0.15) is 23.1 Å². The van der Waals surface area contributed by atoms with Crippen LogP contribution in [-0.4, -0.2) is 75.0 Å². The van der Waals surface area contributed by atoms with Crippen LogP contribution in [0.3, 0.4) is 0 Å². The number of halogens is 4. The Hall–Kier alpha value is -2.85. The molecule has 1 amide bonds. The van der Waals surface area contributed by atoms with Gasteiger partial charge in [0.15, 0.2) is 0 Å². The van der Waals surface area contributed by atoms with E-state index >= 15 is 0 Å². The summed E-state index contributed by atoms with van der Waals surface area (Å²) >= 11 is 5.98. The van der Waals surface area contributed by atoms with Crippen LogP contribution in [0, 0.1) is 0 Å². The van der Waals surface area contributed by atoms with Gasteiger partial charge in [-0.2, -0.15) is 30.6 Å². The Morgan fingerprint density at radius 3 is 2.52 bits per heavy atom. The predicted octanol–water partition coefficient (Wildman–Crippen LogP) is 4.74. The average molecular weight is 614 g/mol. The highest BCUT2D eigenvalue weighted by atomic mass is 35.5. The standard InChI is InChI=1S/C24H31ClF3N3O8S/c1-16(2)37-10-4-8-30-40(34,35)31(23(32)33)9-7-17-5-6-19(38-12-11-36-3)14-21(17)39-22-20(25)13-18(15-29-22)24(26,27)28/h5-6,13-16,30H,4,7-12H2,1-3H3,(H,32,33). The first-order valence-corrected chi connectivity index (χ1v) is 13.8. The van der Waals surface area contributed by atoms with E-state index in [4.69, 9.17) is 30.5 Å². The van der Waals surface area contributed by atoms with Crippen molar-refractivity contribution in [3.05, 3.63) is 46.6 Å². The maximum absolute atomic E-state index is 13.0. The molecule has 0 aliphatic heterocycles. The summed E-state index contributed by atoms with van der Waals surface area (Å²) in [5, 5.41) is 9.14. The Morgan fingerprint density at radius 2 is 1.93 bits per heavy atom. The molecule has 0 bridgehead atoms. The van der Waals surface area contributed by atoms with Gasteiger partial charge in [0.2, 0.25) is 5.88 Å². The second-order valence-electron chi connectivity index (χ2n) is 8.50. The van der Waals surface area contributed by atoms with Gasteiger partial charge in [-0.05, 0) is 44.4 Å². The van der Waals surface area contributed by atoms with Gasteiger partial charge < -0.3 is 24.1 Å². The molecule has 2 N–H and O–H groups in total. The SMILES string of the molecule is COCCOc1ccc(CCN(C(=O)O)S(=O)(=O)NCCCOC(C)C)c(Oc2ncc(C(F)(F)F)cc2Cl)c1. The van der Waals surface area contributed by atoms with Crippen LogP contribution in [0.4, 0.5) is 18.0 Å². The number of alkyl halides is 3. The highest BCUT2D eigenvalue weighted by Gasteiger charge is 2.32. The van der Waals surface area contributed by atoms with Crippen LogP contribution in [-0.2, 0) is 32.3 Å². The summed E-state index contributed by atoms with van der Waals surface area (Å²) in [6.07, 6.45) is -5.69. The highest BCUT2D eigenvalue weighted by molar-refractivity contribution is 7.87. The molecule has 0 saturated carbocycles. The summed E-state index contributed by atoms with van der Waals surface area (Å²) in [5.74, 6) is -0.0320. The third kappa shape index (κ3) is 10.6. The Kier molecular flexibility index (Phi) is 12.7. The molecule has 0 aliphatic carbocycles. The third-order valence-corrected chi connectivity index (χ3v) is 6.84. The summed E-state index contributed by atoms with van der Waals surface area (Å²) in [7, 11) is -2.92.